The summed E-state index contributed by atoms with van der Waals surface area (Å²) in [4.78, 5) is 2.49. The van der Waals surface area contributed by atoms with Crippen molar-refractivity contribution < 1.29 is 4.74 Å². The highest BCUT2D eigenvalue weighted by atomic mass is 16.5. The second-order valence-electron chi connectivity index (χ2n) is 4.62. The van der Waals surface area contributed by atoms with E-state index in [-0.39, 0.29) is 0 Å². The van der Waals surface area contributed by atoms with Crippen LogP contribution in [0.15, 0.2) is 0 Å². The van der Waals surface area contributed by atoms with Gasteiger partial charge in [-0.15, -0.1) is 0 Å². The van der Waals surface area contributed by atoms with Crippen molar-refractivity contribution in [3.8, 4) is 0 Å². The number of methoxy groups -OCH3 is 1. The molecule has 0 aromatic rings. The van der Waals surface area contributed by atoms with Crippen LogP contribution >= 0.6 is 0 Å². The minimum Gasteiger partial charge on any atom is -0.380 e. The topological polar surface area (TPSA) is 24.5 Å². The van der Waals surface area contributed by atoms with Gasteiger partial charge in [0.2, 0.25) is 0 Å². The van der Waals surface area contributed by atoms with Gasteiger partial charge in [0.05, 0.1) is 6.10 Å². The molecule has 0 saturated carbocycles. The Bertz CT molecular complexity index is 175. The summed E-state index contributed by atoms with van der Waals surface area (Å²) in [7, 11) is 1.78. The molecule has 3 heteroatoms. The Labute approximate surface area is 87.8 Å². The number of hydrogen-bond donors (Lipinski definition) is 1. The standard InChI is InChI=1S/C11H24N2O/c1-5-11(3)9-13(7-6-12-11)8-10(2)14-4/h10,12H,5-9H2,1-4H3. The van der Waals surface area contributed by atoms with E-state index in [0.29, 0.717) is 11.6 Å². The molecule has 2 unspecified atom stereocenters. The van der Waals surface area contributed by atoms with Crippen LogP contribution in [-0.4, -0.2) is 49.8 Å². The first-order valence-corrected chi connectivity index (χ1v) is 5.60. The van der Waals surface area contributed by atoms with Crippen LogP contribution in [0.3, 0.4) is 0 Å². The number of rotatable bonds is 4. The number of nitrogens with one attached hydrogen (secondary N) is 1. The maximum Gasteiger partial charge on any atom is 0.0670 e. The molecule has 0 radical (unpaired) electrons. The molecule has 0 aromatic carbocycles. The fraction of sp³-hybridized carbons (Fsp3) is 1.00. The molecular formula is C11H24N2O. The summed E-state index contributed by atoms with van der Waals surface area (Å²) in [6, 6.07) is 0. The highest BCUT2D eigenvalue weighted by molar-refractivity contribution is 4.90. The second-order valence-corrected chi connectivity index (χ2v) is 4.62. The molecule has 2 atom stereocenters. The fourth-order valence-electron chi connectivity index (χ4n) is 1.98. The highest BCUT2D eigenvalue weighted by Crippen LogP contribution is 2.15. The third kappa shape index (κ3) is 3.23. The number of piperazine rings is 1. The molecule has 3 nitrogen and oxygen atoms in total. The van der Waals surface area contributed by atoms with Crippen LogP contribution in [-0.2, 0) is 4.74 Å². The molecule has 1 N–H and O–H groups in total. The van der Waals surface area contributed by atoms with Gasteiger partial charge < -0.3 is 10.1 Å². The van der Waals surface area contributed by atoms with Gasteiger partial charge in [-0.2, -0.15) is 0 Å². The molecule has 1 heterocycles. The Morgan fingerprint density at radius 1 is 1.57 bits per heavy atom. The van der Waals surface area contributed by atoms with Crippen molar-refractivity contribution in [2.24, 2.45) is 0 Å². The van der Waals surface area contributed by atoms with Gasteiger partial charge in [0.1, 0.15) is 0 Å². The van der Waals surface area contributed by atoms with Gasteiger partial charge in [0.15, 0.2) is 0 Å². The van der Waals surface area contributed by atoms with E-state index in [9.17, 15) is 0 Å². The predicted molar refractivity (Wildman–Crippen MR) is 59.6 cm³/mol. The normalized spacial score (nSPS) is 31.7. The van der Waals surface area contributed by atoms with Crippen LogP contribution in [0.5, 0.6) is 0 Å². The lowest BCUT2D eigenvalue weighted by atomic mass is 9.96. The predicted octanol–water partition coefficient (Wildman–Crippen LogP) is 1.10. The van der Waals surface area contributed by atoms with Crippen molar-refractivity contribution in [1.82, 2.24) is 10.2 Å². The van der Waals surface area contributed by atoms with Crippen molar-refractivity contribution in [2.45, 2.75) is 38.8 Å². The Morgan fingerprint density at radius 2 is 2.29 bits per heavy atom. The average Bonchev–Trinajstić information content (AvgIpc) is 2.18. The summed E-state index contributed by atoms with van der Waals surface area (Å²) in [6.45, 7) is 11.1. The first-order chi connectivity index (χ1) is 6.59. The molecule has 14 heavy (non-hydrogen) atoms. The number of nitrogens with zero attached hydrogens (tertiary/aromatic N) is 1. The lowest BCUT2D eigenvalue weighted by molar-refractivity contribution is 0.0516. The first kappa shape index (κ1) is 12.0. The fourth-order valence-corrected chi connectivity index (χ4v) is 1.98. The monoisotopic (exact) mass is 200 g/mol. The summed E-state index contributed by atoms with van der Waals surface area (Å²) in [5, 5.41) is 3.58. The van der Waals surface area contributed by atoms with Crippen molar-refractivity contribution in [1.29, 1.82) is 0 Å². The minimum absolute atomic E-state index is 0.297. The minimum atomic E-state index is 0.297. The van der Waals surface area contributed by atoms with E-state index in [1.807, 2.05) is 0 Å². The van der Waals surface area contributed by atoms with Gasteiger partial charge in [-0.05, 0) is 20.3 Å². The van der Waals surface area contributed by atoms with Gasteiger partial charge in [-0.25, -0.2) is 0 Å². The van der Waals surface area contributed by atoms with E-state index in [1.165, 1.54) is 6.42 Å². The van der Waals surface area contributed by atoms with E-state index in [2.05, 4.69) is 31.0 Å². The lowest BCUT2D eigenvalue weighted by Gasteiger charge is -2.41. The number of ether oxygens (including phenoxy) is 1. The zero-order valence-electron chi connectivity index (χ0n) is 9.97. The summed E-state index contributed by atoms with van der Waals surface area (Å²) >= 11 is 0. The first-order valence-electron chi connectivity index (χ1n) is 5.60. The van der Waals surface area contributed by atoms with Crippen molar-refractivity contribution in [3.05, 3.63) is 0 Å². The van der Waals surface area contributed by atoms with E-state index >= 15 is 0 Å². The van der Waals surface area contributed by atoms with E-state index < -0.39 is 0 Å². The molecular weight excluding hydrogens is 176 g/mol. The van der Waals surface area contributed by atoms with Crippen LogP contribution in [0.1, 0.15) is 27.2 Å². The maximum absolute atomic E-state index is 5.29. The van der Waals surface area contributed by atoms with Gasteiger partial charge in [-0.3, -0.25) is 4.90 Å². The molecule has 0 amide bonds. The lowest BCUT2D eigenvalue weighted by Crippen LogP contribution is -2.59. The maximum atomic E-state index is 5.29. The molecule has 0 aliphatic carbocycles. The van der Waals surface area contributed by atoms with Crippen LogP contribution in [0.25, 0.3) is 0 Å². The highest BCUT2D eigenvalue weighted by Gasteiger charge is 2.28. The van der Waals surface area contributed by atoms with E-state index in [1.54, 1.807) is 7.11 Å². The molecule has 1 fully saturated rings. The zero-order valence-corrected chi connectivity index (χ0v) is 9.97. The van der Waals surface area contributed by atoms with Crippen LogP contribution in [0, 0.1) is 0 Å². The molecule has 0 aromatic heterocycles. The summed E-state index contributed by atoms with van der Waals surface area (Å²) in [5.41, 5.74) is 0.297. The largest absolute Gasteiger partial charge is 0.380 e. The van der Waals surface area contributed by atoms with E-state index in [4.69, 9.17) is 4.74 Å². The molecule has 1 aliphatic heterocycles. The van der Waals surface area contributed by atoms with Crippen molar-refractivity contribution >= 4 is 0 Å². The average molecular weight is 200 g/mol. The number of hydrogen-bond acceptors (Lipinski definition) is 3. The molecule has 1 rings (SSSR count). The van der Waals surface area contributed by atoms with Crippen LogP contribution < -0.4 is 5.32 Å². The van der Waals surface area contributed by atoms with Crippen LogP contribution in [0.4, 0.5) is 0 Å². The van der Waals surface area contributed by atoms with Crippen molar-refractivity contribution in [2.75, 3.05) is 33.3 Å². The Balaban J connectivity index is 2.40. The molecule has 0 bridgehead atoms. The van der Waals surface area contributed by atoms with Crippen LogP contribution in [0.2, 0.25) is 0 Å². The van der Waals surface area contributed by atoms with Gasteiger partial charge in [-0.1, -0.05) is 6.92 Å². The van der Waals surface area contributed by atoms with Gasteiger partial charge in [0, 0.05) is 38.8 Å². The zero-order chi connectivity index (χ0) is 10.6. The smallest absolute Gasteiger partial charge is 0.0670 e. The molecule has 0 spiro atoms. The third-order valence-electron chi connectivity index (χ3n) is 3.25. The Hall–Kier alpha value is -0.120. The molecule has 84 valence electrons. The van der Waals surface area contributed by atoms with E-state index in [0.717, 1.165) is 26.2 Å². The van der Waals surface area contributed by atoms with Crippen molar-refractivity contribution in [3.63, 3.8) is 0 Å². The van der Waals surface area contributed by atoms with Gasteiger partial charge >= 0.3 is 0 Å². The summed E-state index contributed by atoms with van der Waals surface area (Å²) < 4.78 is 5.29. The SMILES string of the molecule is CCC1(C)CN(CC(C)OC)CCN1. The molecule has 1 saturated heterocycles. The molecule has 1 aliphatic rings. The summed E-state index contributed by atoms with van der Waals surface area (Å²) in [6.07, 6.45) is 1.53. The second kappa shape index (κ2) is 5.10. The Kier molecular flexibility index (Phi) is 4.35. The summed E-state index contributed by atoms with van der Waals surface area (Å²) in [5.74, 6) is 0. The quantitative estimate of drug-likeness (QED) is 0.735. The Morgan fingerprint density at radius 3 is 2.86 bits per heavy atom. The third-order valence-corrected chi connectivity index (χ3v) is 3.25. The van der Waals surface area contributed by atoms with Gasteiger partial charge in [0.25, 0.3) is 0 Å².